The van der Waals surface area contributed by atoms with Crippen LogP contribution in [0, 0.1) is 17.3 Å². The van der Waals surface area contributed by atoms with Gasteiger partial charge in [-0.3, -0.25) is 4.79 Å². The number of hydrogen-bond donors (Lipinski definition) is 2. The van der Waals surface area contributed by atoms with Crippen LogP contribution in [0.15, 0.2) is 0 Å². The molecule has 1 fully saturated rings. The Morgan fingerprint density at radius 2 is 2.00 bits per heavy atom. The number of nitrogens with two attached hydrogens (primary N) is 1. The van der Waals surface area contributed by atoms with Gasteiger partial charge >= 0.3 is 0 Å². The van der Waals surface area contributed by atoms with Crippen LogP contribution >= 0.6 is 0 Å². The second kappa shape index (κ2) is 5.17. The molecule has 1 amide bonds. The molecule has 1 saturated carbocycles. The first-order chi connectivity index (χ1) is 7.34. The third-order valence-corrected chi connectivity index (χ3v) is 3.76. The van der Waals surface area contributed by atoms with Crippen molar-refractivity contribution in [2.75, 3.05) is 6.54 Å². The quantitative estimate of drug-likeness (QED) is 0.752. The zero-order valence-corrected chi connectivity index (χ0v) is 11.0. The van der Waals surface area contributed by atoms with E-state index < -0.39 is 0 Å². The Balaban J connectivity index is 2.34. The molecule has 16 heavy (non-hydrogen) atoms. The molecule has 1 aliphatic carbocycles. The minimum Gasteiger partial charge on any atom is -0.352 e. The summed E-state index contributed by atoms with van der Waals surface area (Å²) in [6.45, 7) is 9.22. The average Bonchev–Trinajstić information content (AvgIpc) is 2.95. The first kappa shape index (κ1) is 13.5. The zero-order valence-electron chi connectivity index (χ0n) is 11.0. The summed E-state index contributed by atoms with van der Waals surface area (Å²) in [4.78, 5) is 11.8. The predicted molar refractivity (Wildman–Crippen MR) is 66.9 cm³/mol. The summed E-state index contributed by atoms with van der Waals surface area (Å²) < 4.78 is 0. The van der Waals surface area contributed by atoms with E-state index in [4.69, 9.17) is 5.73 Å². The van der Waals surface area contributed by atoms with E-state index >= 15 is 0 Å². The van der Waals surface area contributed by atoms with Crippen molar-refractivity contribution in [3.8, 4) is 0 Å². The van der Waals surface area contributed by atoms with E-state index in [-0.39, 0.29) is 17.4 Å². The van der Waals surface area contributed by atoms with E-state index in [0.29, 0.717) is 24.8 Å². The van der Waals surface area contributed by atoms with E-state index in [1.807, 2.05) is 0 Å². The molecule has 1 aliphatic rings. The minimum absolute atomic E-state index is 0.157. The normalized spacial score (nSPS) is 20.3. The molecule has 1 rings (SSSR count). The van der Waals surface area contributed by atoms with Crippen molar-refractivity contribution in [1.82, 2.24) is 5.32 Å². The van der Waals surface area contributed by atoms with Gasteiger partial charge in [0.1, 0.15) is 0 Å². The fraction of sp³-hybridized carbons (Fsp3) is 0.923. The first-order valence-corrected chi connectivity index (χ1v) is 6.34. The van der Waals surface area contributed by atoms with Gasteiger partial charge in [-0.25, -0.2) is 0 Å². The zero-order chi connectivity index (χ0) is 12.3. The van der Waals surface area contributed by atoms with Gasteiger partial charge in [0, 0.05) is 19.0 Å². The molecule has 3 N–H and O–H groups in total. The smallest absolute Gasteiger partial charge is 0.220 e. The van der Waals surface area contributed by atoms with Gasteiger partial charge in [-0.15, -0.1) is 0 Å². The number of carbonyl (C=O) groups is 1. The molecule has 0 aromatic heterocycles. The second-order valence-electron chi connectivity index (χ2n) is 6.22. The summed E-state index contributed by atoms with van der Waals surface area (Å²) >= 11 is 0. The number of amides is 1. The van der Waals surface area contributed by atoms with Crippen LogP contribution < -0.4 is 11.1 Å². The SMILES string of the molecule is CC(CC(=O)NC(CN)C1CC1)C(C)(C)C. The minimum atomic E-state index is 0.157. The lowest BCUT2D eigenvalue weighted by Crippen LogP contribution is -2.42. The number of rotatable bonds is 5. The van der Waals surface area contributed by atoms with Gasteiger partial charge < -0.3 is 11.1 Å². The van der Waals surface area contributed by atoms with Crippen LogP contribution in [0.2, 0.25) is 0 Å². The van der Waals surface area contributed by atoms with Crippen molar-refractivity contribution >= 4 is 5.91 Å². The maximum atomic E-state index is 11.8. The fourth-order valence-electron chi connectivity index (χ4n) is 1.72. The van der Waals surface area contributed by atoms with E-state index in [9.17, 15) is 4.79 Å². The van der Waals surface area contributed by atoms with Crippen LogP contribution in [0.3, 0.4) is 0 Å². The molecular formula is C13H26N2O. The molecule has 0 radical (unpaired) electrons. The number of nitrogens with one attached hydrogen (secondary N) is 1. The summed E-state index contributed by atoms with van der Waals surface area (Å²) in [5.41, 5.74) is 5.85. The molecule has 0 saturated heterocycles. The summed E-state index contributed by atoms with van der Waals surface area (Å²) in [5.74, 6) is 1.19. The Bertz CT molecular complexity index is 235. The summed E-state index contributed by atoms with van der Waals surface area (Å²) in [5, 5.41) is 3.07. The molecule has 0 spiro atoms. The van der Waals surface area contributed by atoms with Crippen LogP contribution in [-0.2, 0) is 4.79 Å². The van der Waals surface area contributed by atoms with Gasteiger partial charge in [-0.05, 0) is 30.1 Å². The van der Waals surface area contributed by atoms with Gasteiger partial charge in [0.05, 0.1) is 0 Å². The monoisotopic (exact) mass is 226 g/mol. The number of carbonyl (C=O) groups excluding carboxylic acids is 1. The van der Waals surface area contributed by atoms with Gasteiger partial charge in [-0.2, -0.15) is 0 Å². The molecule has 0 heterocycles. The average molecular weight is 226 g/mol. The maximum absolute atomic E-state index is 11.8. The highest BCUT2D eigenvalue weighted by Crippen LogP contribution is 2.32. The number of hydrogen-bond acceptors (Lipinski definition) is 2. The standard InChI is InChI=1S/C13H26N2O/c1-9(13(2,3)4)7-12(16)15-11(8-14)10-5-6-10/h9-11H,5-8,14H2,1-4H3,(H,15,16). The molecule has 94 valence electrons. The van der Waals surface area contributed by atoms with Crippen molar-refractivity contribution in [1.29, 1.82) is 0 Å². The Morgan fingerprint density at radius 3 is 2.38 bits per heavy atom. The molecule has 0 bridgehead atoms. The Kier molecular flexibility index (Phi) is 4.36. The second-order valence-corrected chi connectivity index (χ2v) is 6.22. The van der Waals surface area contributed by atoms with E-state index in [0.717, 1.165) is 0 Å². The van der Waals surface area contributed by atoms with Crippen LogP contribution in [-0.4, -0.2) is 18.5 Å². The van der Waals surface area contributed by atoms with Gasteiger partial charge in [0.2, 0.25) is 5.91 Å². The van der Waals surface area contributed by atoms with Crippen molar-refractivity contribution in [2.24, 2.45) is 23.0 Å². The lowest BCUT2D eigenvalue weighted by atomic mass is 9.80. The van der Waals surface area contributed by atoms with Crippen molar-refractivity contribution in [2.45, 2.75) is 53.0 Å². The van der Waals surface area contributed by atoms with Crippen molar-refractivity contribution < 1.29 is 4.79 Å². The third kappa shape index (κ3) is 4.12. The molecule has 0 aliphatic heterocycles. The largest absolute Gasteiger partial charge is 0.352 e. The molecular weight excluding hydrogens is 200 g/mol. The maximum Gasteiger partial charge on any atom is 0.220 e. The third-order valence-electron chi connectivity index (χ3n) is 3.76. The molecule has 2 atom stereocenters. The molecule has 0 aromatic rings. The van der Waals surface area contributed by atoms with Gasteiger partial charge in [0.15, 0.2) is 0 Å². The Labute approximate surface area is 99.2 Å². The molecule has 3 nitrogen and oxygen atoms in total. The van der Waals surface area contributed by atoms with Crippen LogP contribution in [0.5, 0.6) is 0 Å². The lowest BCUT2D eigenvalue weighted by Gasteiger charge is -2.27. The van der Waals surface area contributed by atoms with E-state index in [1.54, 1.807) is 0 Å². The van der Waals surface area contributed by atoms with Crippen LogP contribution in [0.1, 0.15) is 47.0 Å². The topological polar surface area (TPSA) is 55.1 Å². The Hall–Kier alpha value is -0.570. The van der Waals surface area contributed by atoms with Crippen molar-refractivity contribution in [3.05, 3.63) is 0 Å². The summed E-state index contributed by atoms with van der Waals surface area (Å²) in [7, 11) is 0. The lowest BCUT2D eigenvalue weighted by molar-refractivity contribution is -0.123. The highest BCUT2D eigenvalue weighted by molar-refractivity contribution is 5.76. The van der Waals surface area contributed by atoms with Gasteiger partial charge in [-0.1, -0.05) is 27.7 Å². The van der Waals surface area contributed by atoms with E-state index in [2.05, 4.69) is 33.0 Å². The van der Waals surface area contributed by atoms with E-state index in [1.165, 1.54) is 12.8 Å². The van der Waals surface area contributed by atoms with Gasteiger partial charge in [0.25, 0.3) is 0 Å². The summed E-state index contributed by atoms with van der Waals surface area (Å²) in [6, 6.07) is 0.208. The summed E-state index contributed by atoms with van der Waals surface area (Å²) in [6.07, 6.45) is 3.04. The first-order valence-electron chi connectivity index (χ1n) is 6.34. The van der Waals surface area contributed by atoms with Crippen LogP contribution in [0.4, 0.5) is 0 Å². The molecule has 3 heteroatoms. The highest BCUT2D eigenvalue weighted by atomic mass is 16.1. The highest BCUT2D eigenvalue weighted by Gasteiger charge is 2.32. The predicted octanol–water partition coefficient (Wildman–Crippen LogP) is 1.91. The van der Waals surface area contributed by atoms with Crippen molar-refractivity contribution in [3.63, 3.8) is 0 Å². The molecule has 2 unspecified atom stereocenters. The fourth-order valence-corrected chi connectivity index (χ4v) is 1.72. The molecule has 0 aromatic carbocycles. The Morgan fingerprint density at radius 1 is 1.44 bits per heavy atom. The van der Waals surface area contributed by atoms with Crippen LogP contribution in [0.25, 0.3) is 0 Å².